The molecule has 4 nitrogen and oxygen atoms in total. The van der Waals surface area contributed by atoms with Crippen molar-refractivity contribution < 1.29 is 0 Å². The maximum atomic E-state index is 4.70. The van der Waals surface area contributed by atoms with E-state index >= 15 is 0 Å². The lowest BCUT2D eigenvalue weighted by atomic mass is 9.99. The van der Waals surface area contributed by atoms with Crippen molar-refractivity contribution in [1.82, 2.24) is 14.7 Å². The second-order valence-corrected chi connectivity index (χ2v) is 7.18. The quantitative estimate of drug-likeness (QED) is 0.630. The van der Waals surface area contributed by atoms with Gasteiger partial charge < -0.3 is 9.80 Å². The average molecular weight is 316 g/mol. The van der Waals surface area contributed by atoms with Crippen molar-refractivity contribution in [3.8, 4) is 0 Å². The van der Waals surface area contributed by atoms with E-state index in [2.05, 4.69) is 36.1 Å². The number of rotatable bonds is 4. The fraction of sp³-hybridized carbons (Fsp3) is 0.632. The average Bonchev–Trinajstić information content (AvgIpc) is 2.51. The molecule has 23 heavy (non-hydrogen) atoms. The molecule has 0 aromatic heterocycles. The minimum atomic E-state index is 0.729. The second-order valence-electron chi connectivity index (χ2n) is 7.18. The predicted molar refractivity (Wildman–Crippen MR) is 98.6 cm³/mol. The maximum absolute atomic E-state index is 4.70. The van der Waals surface area contributed by atoms with Gasteiger partial charge in [-0.1, -0.05) is 31.2 Å². The van der Waals surface area contributed by atoms with Crippen LogP contribution in [0.5, 0.6) is 0 Å². The van der Waals surface area contributed by atoms with Crippen molar-refractivity contribution in [3.05, 3.63) is 35.4 Å². The van der Waals surface area contributed by atoms with Crippen molar-refractivity contribution in [2.24, 2.45) is 10.9 Å². The van der Waals surface area contributed by atoms with Crippen molar-refractivity contribution in [2.45, 2.75) is 32.9 Å². The van der Waals surface area contributed by atoms with Crippen molar-refractivity contribution >= 4 is 5.96 Å². The SMILES string of the molecule is CC1CCN(Cc2ccc(CN=C(N(C)C)N(C)C)cc2)CC1. The fourth-order valence-corrected chi connectivity index (χ4v) is 3.07. The Morgan fingerprint density at radius 3 is 2.04 bits per heavy atom. The minimum absolute atomic E-state index is 0.729. The standard InChI is InChI=1S/C19H32N4/c1-16-10-12-23(13-11-16)15-18-8-6-17(7-9-18)14-20-19(21(2)3)22(4)5/h6-9,16H,10-15H2,1-5H3. The van der Waals surface area contributed by atoms with Crippen LogP contribution in [0.15, 0.2) is 29.3 Å². The lowest BCUT2D eigenvalue weighted by Gasteiger charge is -2.30. The van der Waals surface area contributed by atoms with Crippen molar-refractivity contribution in [1.29, 1.82) is 0 Å². The molecule has 0 atom stereocenters. The van der Waals surface area contributed by atoms with Crippen molar-refractivity contribution in [2.75, 3.05) is 41.3 Å². The Morgan fingerprint density at radius 2 is 1.52 bits per heavy atom. The maximum Gasteiger partial charge on any atom is 0.195 e. The van der Waals surface area contributed by atoms with Crippen molar-refractivity contribution in [3.63, 3.8) is 0 Å². The molecule has 0 radical (unpaired) electrons. The monoisotopic (exact) mass is 316 g/mol. The molecule has 4 heteroatoms. The van der Waals surface area contributed by atoms with Gasteiger partial charge in [0.1, 0.15) is 0 Å². The van der Waals surface area contributed by atoms with E-state index in [0.29, 0.717) is 0 Å². The number of likely N-dealkylation sites (tertiary alicyclic amines) is 1. The zero-order valence-electron chi connectivity index (χ0n) is 15.4. The van der Waals surface area contributed by atoms with E-state index in [1.54, 1.807) is 0 Å². The number of guanidine groups is 1. The number of hydrogen-bond acceptors (Lipinski definition) is 2. The smallest absolute Gasteiger partial charge is 0.195 e. The first kappa shape index (κ1) is 17.8. The Bertz CT molecular complexity index is 487. The minimum Gasteiger partial charge on any atom is -0.349 e. The molecule has 1 aliphatic rings. The number of piperidine rings is 1. The van der Waals surface area contributed by atoms with Gasteiger partial charge in [-0.2, -0.15) is 0 Å². The molecule has 1 heterocycles. The summed E-state index contributed by atoms with van der Waals surface area (Å²) < 4.78 is 0. The van der Waals surface area contributed by atoms with E-state index in [1.807, 2.05) is 38.0 Å². The highest BCUT2D eigenvalue weighted by atomic mass is 15.3. The third-order valence-corrected chi connectivity index (χ3v) is 4.51. The number of hydrogen-bond donors (Lipinski definition) is 0. The van der Waals surface area contributed by atoms with Gasteiger partial charge in [0.2, 0.25) is 0 Å². The summed E-state index contributed by atoms with van der Waals surface area (Å²) in [6, 6.07) is 8.95. The third-order valence-electron chi connectivity index (χ3n) is 4.51. The van der Waals surface area contributed by atoms with Gasteiger partial charge in [-0.3, -0.25) is 4.90 Å². The van der Waals surface area contributed by atoms with Gasteiger partial charge in [0.25, 0.3) is 0 Å². The zero-order valence-corrected chi connectivity index (χ0v) is 15.4. The third kappa shape index (κ3) is 5.54. The molecule has 0 N–H and O–H groups in total. The second kappa shape index (κ2) is 8.34. The zero-order chi connectivity index (χ0) is 16.8. The van der Waals surface area contributed by atoms with Gasteiger partial charge in [-0.05, 0) is 43.0 Å². The summed E-state index contributed by atoms with van der Waals surface area (Å²) >= 11 is 0. The highest BCUT2D eigenvalue weighted by Crippen LogP contribution is 2.18. The summed E-state index contributed by atoms with van der Waals surface area (Å²) in [5.41, 5.74) is 2.68. The molecule has 0 amide bonds. The Labute approximate surface area is 141 Å². The molecule has 128 valence electrons. The van der Waals surface area contributed by atoms with Crippen LogP contribution in [0.3, 0.4) is 0 Å². The summed E-state index contributed by atoms with van der Waals surface area (Å²) in [4.78, 5) is 11.4. The molecule has 1 aromatic carbocycles. The highest BCUT2D eigenvalue weighted by molar-refractivity contribution is 5.79. The van der Waals surface area contributed by atoms with Gasteiger partial charge in [-0.25, -0.2) is 4.99 Å². The normalized spacial score (nSPS) is 16.2. The summed E-state index contributed by atoms with van der Waals surface area (Å²) in [5.74, 6) is 1.89. The molecule has 0 spiro atoms. The molecule has 1 aromatic rings. The first-order chi connectivity index (χ1) is 11.0. The van der Waals surface area contributed by atoms with Gasteiger partial charge in [0.05, 0.1) is 6.54 Å². The lowest BCUT2D eigenvalue weighted by molar-refractivity contribution is 0.185. The van der Waals surface area contributed by atoms with Crippen LogP contribution in [-0.4, -0.2) is 61.9 Å². The molecule has 0 saturated carbocycles. The van der Waals surface area contributed by atoms with Crippen LogP contribution in [0.2, 0.25) is 0 Å². The summed E-state index contributed by atoms with van der Waals surface area (Å²) in [6.45, 7) is 6.65. The number of benzene rings is 1. The molecule has 1 fully saturated rings. The summed E-state index contributed by atoms with van der Waals surface area (Å²) in [7, 11) is 8.12. The topological polar surface area (TPSA) is 22.1 Å². The molecule has 0 aliphatic carbocycles. The van der Waals surface area contributed by atoms with Crippen LogP contribution in [0.25, 0.3) is 0 Å². The van der Waals surface area contributed by atoms with Crippen LogP contribution in [0.1, 0.15) is 30.9 Å². The van der Waals surface area contributed by atoms with E-state index in [1.165, 1.54) is 37.1 Å². The van der Waals surface area contributed by atoms with E-state index < -0.39 is 0 Å². The molecule has 0 unspecified atom stereocenters. The summed E-state index contributed by atoms with van der Waals surface area (Å²) in [5, 5.41) is 0. The van der Waals surface area contributed by atoms with Gasteiger partial charge >= 0.3 is 0 Å². The van der Waals surface area contributed by atoms with Crippen LogP contribution < -0.4 is 0 Å². The first-order valence-corrected chi connectivity index (χ1v) is 8.65. The highest BCUT2D eigenvalue weighted by Gasteiger charge is 2.15. The fourth-order valence-electron chi connectivity index (χ4n) is 3.07. The van der Waals surface area contributed by atoms with Gasteiger partial charge in [0.15, 0.2) is 5.96 Å². The van der Waals surface area contributed by atoms with Crippen LogP contribution in [0, 0.1) is 5.92 Å². The van der Waals surface area contributed by atoms with Gasteiger partial charge in [0, 0.05) is 34.7 Å². The Hall–Kier alpha value is -1.55. The Balaban J connectivity index is 1.90. The summed E-state index contributed by atoms with van der Waals surface area (Å²) in [6.07, 6.45) is 2.68. The molecular weight excluding hydrogens is 284 g/mol. The van der Waals surface area contributed by atoms with E-state index in [9.17, 15) is 0 Å². The first-order valence-electron chi connectivity index (χ1n) is 8.65. The van der Waals surface area contributed by atoms with Crippen LogP contribution in [0.4, 0.5) is 0 Å². The van der Waals surface area contributed by atoms with E-state index in [0.717, 1.165) is 25.0 Å². The Morgan fingerprint density at radius 1 is 1.00 bits per heavy atom. The molecule has 1 aliphatic heterocycles. The van der Waals surface area contributed by atoms with Crippen LogP contribution >= 0.6 is 0 Å². The van der Waals surface area contributed by atoms with Crippen LogP contribution in [-0.2, 0) is 13.1 Å². The molecule has 1 saturated heterocycles. The Kier molecular flexibility index (Phi) is 6.46. The molecule has 0 bridgehead atoms. The van der Waals surface area contributed by atoms with E-state index in [-0.39, 0.29) is 0 Å². The lowest BCUT2D eigenvalue weighted by Crippen LogP contribution is -2.35. The van der Waals surface area contributed by atoms with Gasteiger partial charge in [-0.15, -0.1) is 0 Å². The molecule has 2 rings (SSSR count). The number of aliphatic imine (C=N–C) groups is 1. The number of nitrogens with zero attached hydrogens (tertiary/aromatic N) is 4. The van der Waals surface area contributed by atoms with E-state index in [4.69, 9.17) is 4.99 Å². The largest absolute Gasteiger partial charge is 0.349 e. The predicted octanol–water partition coefficient (Wildman–Crippen LogP) is 2.90. The molecular formula is C19H32N4.